The number of nitrogens with one attached hydrogen (secondary N) is 1. The number of halogens is 2. The number of benzene rings is 2. The lowest BCUT2D eigenvalue weighted by Gasteiger charge is -2.13. The minimum Gasteiger partial charge on any atom is -0.481 e. The van der Waals surface area contributed by atoms with Gasteiger partial charge < -0.3 is 9.84 Å². The average molecular weight is 552 g/mol. The van der Waals surface area contributed by atoms with Crippen LogP contribution in [0.25, 0.3) is 22.0 Å². The van der Waals surface area contributed by atoms with Crippen molar-refractivity contribution in [2.24, 2.45) is 0 Å². The van der Waals surface area contributed by atoms with Gasteiger partial charge in [-0.1, -0.05) is 17.9 Å². The number of pyridine rings is 2. The van der Waals surface area contributed by atoms with Crippen molar-refractivity contribution >= 4 is 32.6 Å². The van der Waals surface area contributed by atoms with Gasteiger partial charge in [0.2, 0.25) is 5.88 Å². The van der Waals surface area contributed by atoms with Gasteiger partial charge in [0, 0.05) is 47.8 Å². The number of aliphatic carboxylic acids is 1. The second-order valence-corrected chi connectivity index (χ2v) is 10.1. The number of aromatic nitrogens is 2. The van der Waals surface area contributed by atoms with E-state index in [9.17, 15) is 22.0 Å². The highest BCUT2D eigenvalue weighted by Crippen LogP contribution is 2.32. The molecule has 4 rings (SSSR count). The van der Waals surface area contributed by atoms with E-state index in [1.165, 1.54) is 19.4 Å². The number of fused-ring (bicyclic) bond motifs is 1. The Labute approximate surface area is 223 Å². The van der Waals surface area contributed by atoms with Crippen LogP contribution >= 0.6 is 0 Å². The molecule has 2 heterocycles. The summed E-state index contributed by atoms with van der Waals surface area (Å²) in [6, 6.07) is 10.9. The topological polar surface area (TPSA) is 118 Å². The molecule has 39 heavy (non-hydrogen) atoms. The molecular weight excluding hydrogens is 528 g/mol. The lowest BCUT2D eigenvalue weighted by Crippen LogP contribution is -2.15. The first-order valence-corrected chi connectivity index (χ1v) is 13.3. The van der Waals surface area contributed by atoms with E-state index in [-0.39, 0.29) is 18.0 Å². The summed E-state index contributed by atoms with van der Waals surface area (Å²) < 4.78 is 60.7. The van der Waals surface area contributed by atoms with Crippen molar-refractivity contribution in [1.82, 2.24) is 9.97 Å². The molecule has 200 valence electrons. The predicted molar refractivity (Wildman–Crippen MR) is 142 cm³/mol. The first-order chi connectivity index (χ1) is 18.7. The summed E-state index contributed by atoms with van der Waals surface area (Å²) in [6.45, 7) is 0. The second kappa shape index (κ2) is 11.9. The van der Waals surface area contributed by atoms with Crippen LogP contribution in [0.2, 0.25) is 0 Å². The summed E-state index contributed by atoms with van der Waals surface area (Å²) >= 11 is 0. The number of ether oxygens (including phenoxy) is 1. The molecule has 4 aromatic rings. The normalized spacial score (nSPS) is 11.1. The first-order valence-electron chi connectivity index (χ1n) is 11.8. The van der Waals surface area contributed by atoms with E-state index < -0.39 is 32.5 Å². The van der Waals surface area contributed by atoms with E-state index in [1.807, 2.05) is 6.07 Å². The molecule has 2 aromatic carbocycles. The van der Waals surface area contributed by atoms with Gasteiger partial charge in [0.05, 0.1) is 12.6 Å². The lowest BCUT2D eigenvalue weighted by atomic mass is 10.0. The number of carboxylic acid groups (broad SMARTS) is 1. The Morgan fingerprint density at radius 1 is 1.05 bits per heavy atom. The van der Waals surface area contributed by atoms with Crippen LogP contribution in [0.1, 0.15) is 31.2 Å². The molecule has 2 N–H and O–H groups in total. The van der Waals surface area contributed by atoms with Gasteiger partial charge in [0.1, 0.15) is 22.2 Å². The summed E-state index contributed by atoms with van der Waals surface area (Å²) in [5.74, 6) is 3.18. The van der Waals surface area contributed by atoms with Gasteiger partial charge in [-0.3, -0.25) is 14.5 Å². The molecule has 0 bridgehead atoms. The Morgan fingerprint density at radius 3 is 2.62 bits per heavy atom. The molecule has 0 atom stereocenters. The van der Waals surface area contributed by atoms with Crippen LogP contribution in [-0.4, -0.2) is 36.6 Å². The number of hydrogen-bond donors (Lipinski definition) is 2. The summed E-state index contributed by atoms with van der Waals surface area (Å²) in [7, 11) is -3.12. The zero-order chi connectivity index (χ0) is 28.0. The third-order valence-electron chi connectivity index (χ3n) is 5.71. The number of nitrogens with zero attached hydrogens (tertiary/aromatic N) is 2. The number of hydrogen-bond acceptors (Lipinski definition) is 6. The fourth-order valence-corrected chi connectivity index (χ4v) is 4.93. The van der Waals surface area contributed by atoms with E-state index in [0.717, 1.165) is 23.1 Å². The van der Waals surface area contributed by atoms with Gasteiger partial charge in [-0.05, 0) is 54.8 Å². The molecule has 0 saturated carbocycles. The van der Waals surface area contributed by atoms with Crippen molar-refractivity contribution in [3.8, 4) is 28.8 Å². The maximum Gasteiger partial charge on any atom is 0.303 e. The molecule has 0 spiro atoms. The van der Waals surface area contributed by atoms with Gasteiger partial charge in [-0.15, -0.1) is 0 Å². The number of sulfonamides is 1. The molecule has 0 aliphatic heterocycles. The number of rotatable bonds is 9. The Kier molecular flexibility index (Phi) is 8.36. The smallest absolute Gasteiger partial charge is 0.303 e. The molecule has 0 aliphatic rings. The SMILES string of the molecule is COc1ncc(-c2ccc3nccc(C#CCCCCC(=O)O)c3c2)cc1NS(=O)(=O)c1ccc(F)cc1F. The summed E-state index contributed by atoms with van der Waals surface area (Å²) in [4.78, 5) is 18.5. The number of unbranched alkanes of at least 4 members (excludes halogenated alkanes) is 2. The first kappa shape index (κ1) is 27.5. The van der Waals surface area contributed by atoms with Crippen molar-refractivity contribution in [3.05, 3.63) is 78.1 Å². The Bertz CT molecular complexity index is 1720. The highest BCUT2D eigenvalue weighted by molar-refractivity contribution is 7.92. The fourth-order valence-electron chi connectivity index (χ4n) is 3.82. The maximum atomic E-state index is 14.2. The van der Waals surface area contributed by atoms with Gasteiger partial charge in [0.25, 0.3) is 10.0 Å². The third-order valence-corrected chi connectivity index (χ3v) is 7.11. The van der Waals surface area contributed by atoms with Crippen LogP contribution < -0.4 is 9.46 Å². The molecule has 8 nitrogen and oxygen atoms in total. The molecule has 0 fully saturated rings. The second-order valence-electron chi connectivity index (χ2n) is 8.45. The van der Waals surface area contributed by atoms with E-state index in [1.54, 1.807) is 24.4 Å². The average Bonchev–Trinajstić information content (AvgIpc) is 2.89. The lowest BCUT2D eigenvalue weighted by molar-refractivity contribution is -0.137. The molecular formula is C28H23F2N3O5S. The summed E-state index contributed by atoms with van der Waals surface area (Å²) in [6.07, 6.45) is 5.03. The molecule has 0 unspecified atom stereocenters. The van der Waals surface area contributed by atoms with Crippen LogP contribution in [0.3, 0.4) is 0 Å². The Hall–Kier alpha value is -4.56. The highest BCUT2D eigenvalue weighted by atomic mass is 32.2. The van der Waals surface area contributed by atoms with Crippen molar-refractivity contribution < 1.29 is 31.8 Å². The van der Waals surface area contributed by atoms with Gasteiger partial charge in [0.15, 0.2) is 0 Å². The zero-order valence-electron chi connectivity index (χ0n) is 20.7. The van der Waals surface area contributed by atoms with E-state index >= 15 is 0 Å². The minimum atomic E-state index is -4.43. The van der Waals surface area contributed by atoms with Crippen LogP contribution in [0.15, 0.2) is 65.8 Å². The van der Waals surface area contributed by atoms with Gasteiger partial charge >= 0.3 is 5.97 Å². The molecule has 0 radical (unpaired) electrons. The molecule has 0 amide bonds. The third kappa shape index (κ3) is 6.66. The van der Waals surface area contributed by atoms with Gasteiger partial charge in [-0.25, -0.2) is 22.2 Å². The predicted octanol–water partition coefficient (Wildman–Crippen LogP) is 5.38. The van der Waals surface area contributed by atoms with Crippen molar-refractivity contribution in [3.63, 3.8) is 0 Å². The van der Waals surface area contributed by atoms with Crippen molar-refractivity contribution in [2.75, 3.05) is 11.8 Å². The van der Waals surface area contributed by atoms with Crippen molar-refractivity contribution in [2.45, 2.75) is 30.6 Å². The fraction of sp³-hybridized carbons (Fsp3) is 0.179. The molecule has 0 aliphatic carbocycles. The standard InChI is InChI=1S/C28H23F2N3O5S/c1-38-28-25(33-39(36,37)26-11-9-21(29)16-23(26)30)15-20(17-32-28)19-8-10-24-22(14-19)18(12-13-31-24)6-4-2-3-5-7-27(34)35/h8-17,33H,2-3,5,7H2,1H3,(H,34,35). The van der Waals surface area contributed by atoms with E-state index in [2.05, 4.69) is 26.5 Å². The number of carboxylic acids is 1. The van der Waals surface area contributed by atoms with Crippen LogP contribution in [0.5, 0.6) is 5.88 Å². The van der Waals surface area contributed by atoms with Crippen molar-refractivity contribution in [1.29, 1.82) is 0 Å². The highest BCUT2D eigenvalue weighted by Gasteiger charge is 2.22. The van der Waals surface area contributed by atoms with Crippen LogP contribution in [0, 0.1) is 23.5 Å². The Morgan fingerprint density at radius 2 is 1.87 bits per heavy atom. The Balaban J connectivity index is 1.65. The zero-order valence-corrected chi connectivity index (χ0v) is 21.6. The van der Waals surface area contributed by atoms with Gasteiger partial charge in [-0.2, -0.15) is 0 Å². The minimum absolute atomic E-state index is 0.0358. The number of carbonyl (C=O) groups is 1. The van der Waals surface area contributed by atoms with E-state index in [4.69, 9.17) is 9.84 Å². The van der Waals surface area contributed by atoms with E-state index in [0.29, 0.717) is 42.0 Å². The largest absolute Gasteiger partial charge is 0.481 e. The summed E-state index contributed by atoms with van der Waals surface area (Å²) in [5.41, 5.74) is 2.61. The van der Waals surface area contributed by atoms with Crippen LogP contribution in [0.4, 0.5) is 14.5 Å². The molecule has 11 heteroatoms. The number of anilines is 1. The summed E-state index contributed by atoms with van der Waals surface area (Å²) in [5, 5.41) is 9.51. The monoisotopic (exact) mass is 551 g/mol. The van der Waals surface area contributed by atoms with Crippen LogP contribution in [-0.2, 0) is 14.8 Å². The quantitative estimate of drug-likeness (QED) is 0.212. The molecule has 2 aromatic heterocycles. The molecule has 0 saturated heterocycles. The maximum absolute atomic E-state index is 14.2. The number of methoxy groups -OCH3 is 1.